The lowest BCUT2D eigenvalue weighted by molar-refractivity contribution is -0.116. The number of sulfonamides is 1. The quantitative estimate of drug-likeness (QED) is 0.750. The van der Waals surface area contributed by atoms with Crippen LogP contribution in [0.15, 0.2) is 36.4 Å². The third-order valence-corrected chi connectivity index (χ3v) is 8.04. The van der Waals surface area contributed by atoms with Gasteiger partial charge < -0.3 is 10.1 Å². The Kier molecular flexibility index (Phi) is 4.86. The van der Waals surface area contributed by atoms with E-state index in [4.69, 9.17) is 4.74 Å². The predicted octanol–water partition coefficient (Wildman–Crippen LogP) is 1.65. The van der Waals surface area contributed by atoms with Crippen LogP contribution in [-0.2, 0) is 19.6 Å². The Morgan fingerprint density at radius 1 is 1.37 bits per heavy atom. The molecule has 3 heterocycles. The minimum Gasteiger partial charge on any atom is -0.370 e. The van der Waals surface area contributed by atoms with Crippen molar-refractivity contribution in [1.29, 1.82) is 0 Å². The first-order valence-corrected chi connectivity index (χ1v) is 11.2. The van der Waals surface area contributed by atoms with Crippen molar-refractivity contribution in [2.24, 2.45) is 11.8 Å². The first-order chi connectivity index (χ1) is 12.9. The predicted molar refractivity (Wildman–Crippen MR) is 103 cm³/mol. The maximum atomic E-state index is 12.3. The van der Waals surface area contributed by atoms with E-state index in [-0.39, 0.29) is 35.2 Å². The number of amides is 1. The van der Waals surface area contributed by atoms with Gasteiger partial charge in [0.05, 0.1) is 17.5 Å². The van der Waals surface area contributed by atoms with Gasteiger partial charge >= 0.3 is 0 Å². The minimum atomic E-state index is -3.21. The molecule has 1 aromatic carbocycles. The van der Waals surface area contributed by atoms with Crippen LogP contribution < -0.4 is 5.32 Å². The largest absolute Gasteiger partial charge is 0.370 e. The molecule has 146 valence electrons. The molecule has 4 atom stereocenters. The smallest absolute Gasteiger partial charge is 0.244 e. The molecule has 3 aliphatic heterocycles. The highest BCUT2D eigenvalue weighted by atomic mass is 32.2. The van der Waals surface area contributed by atoms with Gasteiger partial charge in [-0.15, -0.1) is 0 Å². The summed E-state index contributed by atoms with van der Waals surface area (Å²) < 4.78 is 32.4. The van der Waals surface area contributed by atoms with Gasteiger partial charge in [-0.25, -0.2) is 8.42 Å². The van der Waals surface area contributed by atoms with Crippen LogP contribution in [-0.4, -0.2) is 55.7 Å². The maximum absolute atomic E-state index is 12.3. The molecule has 0 radical (unpaired) electrons. The average Bonchev–Trinajstić information content (AvgIpc) is 3.34. The number of hydrogen-bond acceptors (Lipinski definition) is 4. The summed E-state index contributed by atoms with van der Waals surface area (Å²) in [6.45, 7) is 3.17. The SMILES string of the molecule is CCS(=O)(=O)N1C[C@@H]2[C@H](CNC(=O)C=Cc3ccccc3)[C@H]3CC[C@]2(C1)O3. The second-order valence-corrected chi connectivity index (χ2v) is 9.97. The Bertz CT molecular complexity index is 839. The van der Waals surface area contributed by atoms with E-state index in [0.29, 0.717) is 19.6 Å². The third-order valence-electron chi connectivity index (χ3n) is 6.25. The number of rotatable bonds is 6. The molecule has 0 aromatic heterocycles. The Balaban J connectivity index is 1.39. The summed E-state index contributed by atoms with van der Waals surface area (Å²) in [5, 5.41) is 2.98. The summed E-state index contributed by atoms with van der Waals surface area (Å²) in [6, 6.07) is 9.68. The molecule has 4 rings (SSSR count). The third kappa shape index (κ3) is 3.44. The second-order valence-electron chi connectivity index (χ2n) is 7.71. The molecule has 0 saturated carbocycles. The Morgan fingerprint density at radius 2 is 2.15 bits per heavy atom. The number of nitrogens with one attached hydrogen (secondary N) is 1. The molecule has 6 nitrogen and oxygen atoms in total. The summed E-state index contributed by atoms with van der Waals surface area (Å²) >= 11 is 0. The molecule has 3 fully saturated rings. The first-order valence-electron chi connectivity index (χ1n) is 9.60. The molecule has 7 heteroatoms. The van der Waals surface area contributed by atoms with Gasteiger partial charge in [0.2, 0.25) is 15.9 Å². The fourth-order valence-corrected chi connectivity index (χ4v) is 6.00. The van der Waals surface area contributed by atoms with Crippen LogP contribution in [0, 0.1) is 11.8 Å². The van der Waals surface area contributed by atoms with Crippen molar-refractivity contribution in [2.45, 2.75) is 31.5 Å². The van der Waals surface area contributed by atoms with Gasteiger partial charge in [-0.05, 0) is 31.4 Å². The van der Waals surface area contributed by atoms with Gasteiger partial charge in [-0.2, -0.15) is 4.31 Å². The summed E-state index contributed by atoms with van der Waals surface area (Å²) in [7, 11) is -3.21. The van der Waals surface area contributed by atoms with Gasteiger partial charge in [0.15, 0.2) is 0 Å². The molecule has 3 aliphatic rings. The van der Waals surface area contributed by atoms with Crippen LogP contribution in [0.2, 0.25) is 0 Å². The number of fused-ring (bicyclic) bond motifs is 1. The number of nitrogens with zero attached hydrogens (tertiary/aromatic N) is 1. The van der Waals surface area contributed by atoms with Gasteiger partial charge in [0.25, 0.3) is 0 Å². The molecule has 27 heavy (non-hydrogen) atoms. The lowest BCUT2D eigenvalue weighted by Gasteiger charge is -2.29. The van der Waals surface area contributed by atoms with Crippen LogP contribution in [0.4, 0.5) is 0 Å². The molecule has 0 unspecified atom stereocenters. The summed E-state index contributed by atoms with van der Waals surface area (Å²) in [4.78, 5) is 12.2. The maximum Gasteiger partial charge on any atom is 0.244 e. The molecule has 3 saturated heterocycles. The molecule has 1 N–H and O–H groups in total. The first kappa shape index (κ1) is 18.7. The van der Waals surface area contributed by atoms with Gasteiger partial charge in [-0.3, -0.25) is 4.79 Å². The van der Waals surface area contributed by atoms with E-state index in [1.165, 1.54) is 0 Å². The van der Waals surface area contributed by atoms with Crippen LogP contribution in [0.25, 0.3) is 6.08 Å². The Morgan fingerprint density at radius 3 is 2.89 bits per heavy atom. The fourth-order valence-electron chi connectivity index (χ4n) is 4.83. The van der Waals surface area contributed by atoms with Gasteiger partial charge in [0.1, 0.15) is 0 Å². The Labute approximate surface area is 160 Å². The van der Waals surface area contributed by atoms with E-state index in [1.54, 1.807) is 23.4 Å². The van der Waals surface area contributed by atoms with Crippen molar-refractivity contribution in [3.63, 3.8) is 0 Å². The average molecular weight is 391 g/mol. The van der Waals surface area contributed by atoms with Gasteiger partial charge in [0, 0.05) is 37.5 Å². The topological polar surface area (TPSA) is 75.7 Å². The fraction of sp³-hybridized carbons (Fsp3) is 0.550. The zero-order chi connectivity index (χ0) is 19.1. The highest BCUT2D eigenvalue weighted by molar-refractivity contribution is 7.89. The summed E-state index contributed by atoms with van der Waals surface area (Å²) in [5.74, 6) is 0.317. The van der Waals surface area contributed by atoms with Crippen LogP contribution in [0.3, 0.4) is 0 Å². The summed E-state index contributed by atoms with van der Waals surface area (Å²) in [5.41, 5.74) is 0.633. The van der Waals surface area contributed by atoms with Crippen molar-refractivity contribution in [3.8, 4) is 0 Å². The van der Waals surface area contributed by atoms with Crippen molar-refractivity contribution >= 4 is 22.0 Å². The molecular formula is C20H26N2O4S. The highest BCUT2D eigenvalue weighted by Gasteiger charge is 2.64. The van der Waals surface area contributed by atoms with E-state index < -0.39 is 10.0 Å². The molecule has 2 bridgehead atoms. The zero-order valence-electron chi connectivity index (χ0n) is 15.5. The van der Waals surface area contributed by atoms with E-state index in [0.717, 1.165) is 18.4 Å². The summed E-state index contributed by atoms with van der Waals surface area (Å²) in [6.07, 6.45) is 5.31. The van der Waals surface area contributed by atoms with Crippen LogP contribution >= 0.6 is 0 Å². The van der Waals surface area contributed by atoms with Crippen molar-refractivity contribution < 1.29 is 17.9 Å². The molecular weight excluding hydrogens is 364 g/mol. The number of hydrogen-bond donors (Lipinski definition) is 1. The van der Waals surface area contributed by atoms with Crippen LogP contribution in [0.5, 0.6) is 0 Å². The molecule has 0 aliphatic carbocycles. The standard InChI is InChI=1S/C20H26N2O4S/c1-2-27(24,25)22-13-17-16(18-10-11-20(17,14-22)26-18)12-21-19(23)9-8-15-6-4-3-5-7-15/h3-9,16-18H,2,10-14H2,1H3,(H,21,23)/t16-,17+,18+,20+/m0/s1. The monoisotopic (exact) mass is 390 g/mol. The van der Waals surface area contributed by atoms with Crippen molar-refractivity contribution in [2.75, 3.05) is 25.4 Å². The molecule has 1 aromatic rings. The number of ether oxygens (including phenoxy) is 1. The van der Waals surface area contributed by atoms with Crippen LogP contribution in [0.1, 0.15) is 25.3 Å². The van der Waals surface area contributed by atoms with Gasteiger partial charge in [-0.1, -0.05) is 30.3 Å². The van der Waals surface area contributed by atoms with Crippen molar-refractivity contribution in [3.05, 3.63) is 42.0 Å². The van der Waals surface area contributed by atoms with E-state index in [1.807, 2.05) is 30.3 Å². The number of carbonyl (C=O) groups is 1. The number of carbonyl (C=O) groups excluding carboxylic acids is 1. The second kappa shape index (κ2) is 7.04. The Hall–Kier alpha value is -1.70. The lowest BCUT2D eigenvalue weighted by atomic mass is 9.73. The normalized spacial score (nSPS) is 32.9. The zero-order valence-corrected chi connectivity index (χ0v) is 16.3. The minimum absolute atomic E-state index is 0.116. The molecule has 1 amide bonds. The van der Waals surface area contributed by atoms with Crippen molar-refractivity contribution in [1.82, 2.24) is 9.62 Å². The molecule has 1 spiro atoms. The van der Waals surface area contributed by atoms with E-state index in [9.17, 15) is 13.2 Å². The van der Waals surface area contributed by atoms with E-state index >= 15 is 0 Å². The number of benzene rings is 1. The lowest BCUT2D eigenvalue weighted by Crippen LogP contribution is -2.41. The highest BCUT2D eigenvalue weighted by Crippen LogP contribution is 2.55. The van der Waals surface area contributed by atoms with E-state index in [2.05, 4.69) is 5.32 Å².